The van der Waals surface area contributed by atoms with E-state index >= 15 is 0 Å². The second-order valence-corrected chi connectivity index (χ2v) is 5.67. The number of nitrogens with zero attached hydrogens (tertiary/aromatic N) is 4. The molecule has 1 unspecified atom stereocenters. The lowest BCUT2D eigenvalue weighted by Gasteiger charge is -2.19. The van der Waals surface area contributed by atoms with E-state index < -0.39 is 0 Å². The summed E-state index contributed by atoms with van der Waals surface area (Å²) in [5.74, 6) is 3.86. The van der Waals surface area contributed by atoms with Crippen molar-refractivity contribution in [3.05, 3.63) is 24.0 Å². The Bertz CT molecular complexity index is 591. The maximum Gasteiger partial charge on any atom is 0.153 e. The zero-order valence-electron chi connectivity index (χ0n) is 10.9. The molecular formula is C14H18N4. The third-order valence-corrected chi connectivity index (χ3v) is 4.66. The molecular weight excluding hydrogens is 224 g/mol. The molecule has 1 aliphatic carbocycles. The van der Waals surface area contributed by atoms with Crippen molar-refractivity contribution in [3.8, 4) is 0 Å². The second-order valence-electron chi connectivity index (χ2n) is 5.67. The molecule has 1 saturated carbocycles. The average molecular weight is 242 g/mol. The molecule has 0 bridgehead atoms. The van der Waals surface area contributed by atoms with Crippen molar-refractivity contribution in [1.29, 1.82) is 0 Å². The minimum atomic E-state index is 0.913. The summed E-state index contributed by atoms with van der Waals surface area (Å²) in [4.78, 5) is 6.93. The van der Waals surface area contributed by atoms with Crippen LogP contribution in [0.4, 0.5) is 5.82 Å². The van der Waals surface area contributed by atoms with Crippen molar-refractivity contribution in [2.45, 2.75) is 20.3 Å². The van der Waals surface area contributed by atoms with Gasteiger partial charge in [0.2, 0.25) is 0 Å². The Balaban J connectivity index is 1.65. The van der Waals surface area contributed by atoms with Crippen LogP contribution in [0, 0.1) is 17.8 Å². The molecule has 4 heteroatoms. The fraction of sp³-hybridized carbons (Fsp3) is 0.571. The van der Waals surface area contributed by atoms with Gasteiger partial charge >= 0.3 is 0 Å². The molecule has 1 aliphatic heterocycles. The third-order valence-electron chi connectivity index (χ3n) is 4.66. The number of anilines is 1. The number of aromatic nitrogens is 3. The van der Waals surface area contributed by atoms with Crippen LogP contribution in [0.3, 0.4) is 0 Å². The molecule has 2 aliphatic rings. The molecule has 2 fully saturated rings. The quantitative estimate of drug-likeness (QED) is 0.807. The summed E-state index contributed by atoms with van der Waals surface area (Å²) in [7, 11) is 0. The highest BCUT2D eigenvalue weighted by atomic mass is 15.3. The highest BCUT2D eigenvalue weighted by Gasteiger charge is 2.52. The lowest BCUT2D eigenvalue weighted by Crippen LogP contribution is -2.24. The number of fused-ring (bicyclic) bond motifs is 2. The van der Waals surface area contributed by atoms with Crippen molar-refractivity contribution in [1.82, 2.24) is 14.6 Å². The van der Waals surface area contributed by atoms with Gasteiger partial charge in [-0.25, -0.2) is 9.50 Å². The van der Waals surface area contributed by atoms with E-state index in [1.165, 1.54) is 13.1 Å². The Labute approximate surface area is 107 Å². The van der Waals surface area contributed by atoms with Gasteiger partial charge in [-0.15, -0.1) is 5.10 Å². The fourth-order valence-electron chi connectivity index (χ4n) is 3.27. The molecule has 3 atom stereocenters. The number of hydrogen-bond acceptors (Lipinski definition) is 3. The van der Waals surface area contributed by atoms with Crippen molar-refractivity contribution in [2.24, 2.45) is 17.8 Å². The molecule has 18 heavy (non-hydrogen) atoms. The minimum absolute atomic E-state index is 0.913. The first-order valence-electron chi connectivity index (χ1n) is 6.86. The third kappa shape index (κ3) is 1.38. The summed E-state index contributed by atoms with van der Waals surface area (Å²) in [6.45, 7) is 6.85. The number of hydrogen-bond donors (Lipinski definition) is 0. The fourth-order valence-corrected chi connectivity index (χ4v) is 3.27. The van der Waals surface area contributed by atoms with E-state index in [1.54, 1.807) is 0 Å². The van der Waals surface area contributed by atoms with Crippen LogP contribution >= 0.6 is 0 Å². The highest BCUT2D eigenvalue weighted by Crippen LogP contribution is 2.51. The molecule has 3 heterocycles. The van der Waals surface area contributed by atoms with E-state index in [1.807, 2.05) is 10.7 Å². The van der Waals surface area contributed by atoms with Gasteiger partial charge in [-0.3, -0.25) is 0 Å². The topological polar surface area (TPSA) is 33.4 Å². The number of aryl methyl sites for hydroxylation is 1. The number of imidazole rings is 1. The van der Waals surface area contributed by atoms with Crippen molar-refractivity contribution in [2.75, 3.05) is 18.0 Å². The summed E-state index contributed by atoms with van der Waals surface area (Å²) >= 11 is 0. The van der Waals surface area contributed by atoms with Crippen LogP contribution in [0.2, 0.25) is 0 Å². The van der Waals surface area contributed by atoms with E-state index in [2.05, 4.69) is 41.0 Å². The molecule has 0 radical (unpaired) electrons. The minimum Gasteiger partial charge on any atom is -0.355 e. The van der Waals surface area contributed by atoms with Crippen LogP contribution in [0.25, 0.3) is 5.65 Å². The molecule has 0 aromatic carbocycles. The second kappa shape index (κ2) is 3.46. The maximum atomic E-state index is 4.69. The summed E-state index contributed by atoms with van der Waals surface area (Å²) in [6.07, 6.45) is 3.00. The Morgan fingerprint density at radius 2 is 2.06 bits per heavy atom. The zero-order chi connectivity index (χ0) is 12.3. The van der Waals surface area contributed by atoms with Gasteiger partial charge < -0.3 is 4.90 Å². The van der Waals surface area contributed by atoms with Crippen LogP contribution in [0.1, 0.15) is 19.5 Å². The first-order chi connectivity index (χ1) is 8.76. The molecule has 0 spiro atoms. The van der Waals surface area contributed by atoms with Gasteiger partial charge in [0.1, 0.15) is 5.82 Å². The summed E-state index contributed by atoms with van der Waals surface area (Å²) < 4.78 is 1.92. The summed E-state index contributed by atoms with van der Waals surface area (Å²) in [6, 6.07) is 4.19. The standard InChI is InChI=1S/C14H18N4/c1-3-10-6-18-13(15-10)4-5-14(16-18)17-7-11-9(2)12(11)8-17/h4-6,9,11-12H,3,7-8H2,1-2H3/t9?,11-,12+. The number of piperidine rings is 1. The Hall–Kier alpha value is -1.58. The SMILES string of the molecule is CCc1cn2nc(N3C[C@@H]4C(C)[C@@H]4C3)ccc2n1. The molecule has 1 saturated heterocycles. The predicted octanol–water partition coefficient (Wildman–Crippen LogP) is 1.99. The highest BCUT2D eigenvalue weighted by molar-refractivity contribution is 5.48. The van der Waals surface area contributed by atoms with Crippen LogP contribution in [-0.2, 0) is 6.42 Å². The zero-order valence-corrected chi connectivity index (χ0v) is 10.9. The van der Waals surface area contributed by atoms with Crippen molar-refractivity contribution < 1.29 is 0 Å². The first-order valence-corrected chi connectivity index (χ1v) is 6.86. The Morgan fingerprint density at radius 1 is 1.28 bits per heavy atom. The molecule has 2 aromatic heterocycles. The van der Waals surface area contributed by atoms with E-state index in [-0.39, 0.29) is 0 Å². The monoisotopic (exact) mass is 242 g/mol. The van der Waals surface area contributed by atoms with E-state index in [0.29, 0.717) is 0 Å². The summed E-state index contributed by atoms with van der Waals surface area (Å²) in [5, 5.41) is 4.69. The van der Waals surface area contributed by atoms with Gasteiger partial charge in [-0.05, 0) is 36.3 Å². The maximum absolute atomic E-state index is 4.69. The first kappa shape index (κ1) is 10.4. The number of rotatable bonds is 2. The molecule has 4 nitrogen and oxygen atoms in total. The van der Waals surface area contributed by atoms with Gasteiger partial charge in [0.15, 0.2) is 5.65 Å². The van der Waals surface area contributed by atoms with Crippen molar-refractivity contribution >= 4 is 11.5 Å². The van der Waals surface area contributed by atoms with Gasteiger partial charge in [-0.2, -0.15) is 0 Å². The molecule has 0 N–H and O–H groups in total. The molecule has 94 valence electrons. The van der Waals surface area contributed by atoms with Gasteiger partial charge in [-0.1, -0.05) is 13.8 Å². The van der Waals surface area contributed by atoms with Crippen LogP contribution in [-0.4, -0.2) is 27.7 Å². The van der Waals surface area contributed by atoms with E-state index in [0.717, 1.165) is 41.3 Å². The molecule has 2 aromatic rings. The lowest BCUT2D eigenvalue weighted by atomic mass is 10.3. The smallest absolute Gasteiger partial charge is 0.153 e. The normalized spacial score (nSPS) is 29.9. The van der Waals surface area contributed by atoms with Crippen LogP contribution in [0.15, 0.2) is 18.3 Å². The van der Waals surface area contributed by atoms with Gasteiger partial charge in [0, 0.05) is 13.1 Å². The van der Waals surface area contributed by atoms with Crippen LogP contribution < -0.4 is 4.90 Å². The molecule has 4 rings (SSSR count). The summed E-state index contributed by atoms with van der Waals surface area (Å²) in [5.41, 5.74) is 2.06. The van der Waals surface area contributed by atoms with E-state index in [9.17, 15) is 0 Å². The van der Waals surface area contributed by atoms with Crippen molar-refractivity contribution in [3.63, 3.8) is 0 Å². The largest absolute Gasteiger partial charge is 0.355 e. The Kier molecular flexibility index (Phi) is 1.99. The van der Waals surface area contributed by atoms with E-state index in [4.69, 9.17) is 0 Å². The lowest BCUT2D eigenvalue weighted by molar-refractivity contribution is 0.678. The predicted molar refractivity (Wildman–Crippen MR) is 70.7 cm³/mol. The van der Waals surface area contributed by atoms with Gasteiger partial charge in [0.25, 0.3) is 0 Å². The van der Waals surface area contributed by atoms with Gasteiger partial charge in [0.05, 0.1) is 11.9 Å². The Morgan fingerprint density at radius 3 is 2.78 bits per heavy atom. The van der Waals surface area contributed by atoms with Crippen LogP contribution in [0.5, 0.6) is 0 Å². The average Bonchev–Trinajstić information content (AvgIpc) is 2.83. The molecule has 0 amide bonds.